The van der Waals surface area contributed by atoms with Gasteiger partial charge in [-0.2, -0.15) is 0 Å². The van der Waals surface area contributed by atoms with Crippen LogP contribution in [-0.4, -0.2) is 51.7 Å². The molecular formula is C24H22N2O8. The summed E-state index contributed by atoms with van der Waals surface area (Å²) in [5, 5.41) is 20.9. The summed E-state index contributed by atoms with van der Waals surface area (Å²) in [5.74, 6) is -3.80. The van der Waals surface area contributed by atoms with Crippen molar-refractivity contribution in [2.45, 2.75) is 25.5 Å². The van der Waals surface area contributed by atoms with Crippen LogP contribution in [0.15, 0.2) is 60.7 Å². The second kappa shape index (κ2) is 11.4. The molecule has 0 fully saturated rings. The van der Waals surface area contributed by atoms with Crippen LogP contribution in [-0.2, 0) is 25.7 Å². The quantitative estimate of drug-likeness (QED) is 0.362. The summed E-state index contributed by atoms with van der Waals surface area (Å²) in [4.78, 5) is 51.2. The number of benzene rings is 2. The molecule has 34 heavy (non-hydrogen) atoms. The average molecular weight is 466 g/mol. The number of aliphatic carboxylic acids is 2. The smallest absolute Gasteiger partial charge is 0.344 e. The maximum atomic E-state index is 12.7. The molecule has 1 heterocycles. The van der Waals surface area contributed by atoms with E-state index in [0.29, 0.717) is 10.9 Å². The second-order valence-corrected chi connectivity index (χ2v) is 7.25. The molecule has 176 valence electrons. The van der Waals surface area contributed by atoms with Crippen LogP contribution in [0.3, 0.4) is 0 Å². The minimum absolute atomic E-state index is 0.0840. The summed E-state index contributed by atoms with van der Waals surface area (Å²) in [5.41, 5.74) is 1.06. The van der Waals surface area contributed by atoms with E-state index in [4.69, 9.17) is 14.6 Å². The molecule has 0 radical (unpaired) electrons. The number of carboxylic acid groups (broad SMARTS) is 2. The number of amides is 1. The zero-order valence-corrected chi connectivity index (χ0v) is 18.0. The predicted molar refractivity (Wildman–Crippen MR) is 119 cm³/mol. The van der Waals surface area contributed by atoms with Gasteiger partial charge in [-0.3, -0.25) is 9.59 Å². The molecule has 0 saturated heterocycles. The van der Waals surface area contributed by atoms with Crippen molar-refractivity contribution in [3.8, 4) is 5.75 Å². The highest BCUT2D eigenvalue weighted by Gasteiger charge is 2.23. The normalized spacial score (nSPS) is 11.4. The molecule has 10 heteroatoms. The van der Waals surface area contributed by atoms with Crippen LogP contribution in [0.5, 0.6) is 5.75 Å². The number of aromatic nitrogens is 1. The summed E-state index contributed by atoms with van der Waals surface area (Å²) in [6, 6.07) is 15.8. The van der Waals surface area contributed by atoms with E-state index in [1.165, 1.54) is 6.07 Å². The fourth-order valence-corrected chi connectivity index (χ4v) is 3.05. The number of ether oxygens (including phenoxy) is 2. The number of hydrogen-bond acceptors (Lipinski definition) is 7. The van der Waals surface area contributed by atoms with Gasteiger partial charge in [0.15, 0.2) is 6.61 Å². The van der Waals surface area contributed by atoms with Gasteiger partial charge in [-0.05, 0) is 24.1 Å². The molecule has 0 spiro atoms. The predicted octanol–water partition coefficient (Wildman–Crippen LogP) is 2.40. The molecule has 3 rings (SSSR count). The highest BCUT2D eigenvalue weighted by atomic mass is 16.6. The van der Waals surface area contributed by atoms with Gasteiger partial charge in [0.25, 0.3) is 5.91 Å². The van der Waals surface area contributed by atoms with Gasteiger partial charge >= 0.3 is 17.9 Å². The maximum absolute atomic E-state index is 12.7. The van der Waals surface area contributed by atoms with E-state index < -0.39 is 42.9 Å². The highest BCUT2D eigenvalue weighted by molar-refractivity contribution is 5.98. The van der Waals surface area contributed by atoms with Gasteiger partial charge in [0.2, 0.25) is 0 Å². The van der Waals surface area contributed by atoms with Crippen LogP contribution in [0, 0.1) is 0 Å². The zero-order valence-electron chi connectivity index (χ0n) is 18.0. The standard InChI is InChI=1S/C24H22N2O8/c27-21(28)11-10-18(24(31)32)26-23(30)19-12-20(16-8-4-5-9-17(16)25-19)33-14-22(29)34-13-15-6-2-1-3-7-15/h1-9,12,18H,10-11,13-14H2,(H,26,30)(H,27,28)(H,31,32). The summed E-state index contributed by atoms with van der Waals surface area (Å²) < 4.78 is 10.8. The van der Waals surface area contributed by atoms with Gasteiger partial charge in [0.1, 0.15) is 24.1 Å². The summed E-state index contributed by atoms with van der Waals surface area (Å²) in [6.45, 7) is -0.334. The molecule has 1 atom stereocenters. The van der Waals surface area contributed by atoms with Crippen molar-refractivity contribution in [2.75, 3.05) is 6.61 Å². The molecule has 0 aliphatic carbocycles. The lowest BCUT2D eigenvalue weighted by Gasteiger charge is -2.15. The number of carboxylic acids is 2. The van der Waals surface area contributed by atoms with Crippen molar-refractivity contribution >= 4 is 34.7 Å². The van der Waals surface area contributed by atoms with Crippen molar-refractivity contribution in [1.29, 1.82) is 0 Å². The van der Waals surface area contributed by atoms with Gasteiger partial charge in [0, 0.05) is 17.9 Å². The van der Waals surface area contributed by atoms with Crippen molar-refractivity contribution in [1.82, 2.24) is 10.3 Å². The number of carbonyl (C=O) groups excluding carboxylic acids is 2. The van der Waals surface area contributed by atoms with Gasteiger partial charge in [-0.1, -0.05) is 42.5 Å². The maximum Gasteiger partial charge on any atom is 0.344 e. The number of para-hydroxylation sites is 1. The van der Waals surface area contributed by atoms with Gasteiger partial charge < -0.3 is 25.0 Å². The minimum atomic E-state index is -1.41. The third-order valence-electron chi connectivity index (χ3n) is 4.75. The van der Waals surface area contributed by atoms with Crippen molar-refractivity contribution < 1.29 is 38.9 Å². The highest BCUT2D eigenvalue weighted by Crippen LogP contribution is 2.25. The molecule has 0 aliphatic heterocycles. The molecule has 1 amide bonds. The first-order valence-electron chi connectivity index (χ1n) is 10.3. The Morgan fingerprint density at radius 1 is 0.971 bits per heavy atom. The zero-order chi connectivity index (χ0) is 24.5. The second-order valence-electron chi connectivity index (χ2n) is 7.25. The molecule has 1 unspecified atom stereocenters. The van der Waals surface area contributed by atoms with Crippen molar-refractivity contribution in [2.24, 2.45) is 0 Å². The van der Waals surface area contributed by atoms with Crippen molar-refractivity contribution in [3.05, 3.63) is 71.9 Å². The molecule has 0 saturated carbocycles. The lowest BCUT2D eigenvalue weighted by molar-refractivity contribution is -0.147. The number of nitrogens with one attached hydrogen (secondary N) is 1. The van der Waals surface area contributed by atoms with Crippen molar-refractivity contribution in [3.63, 3.8) is 0 Å². The molecular weight excluding hydrogens is 444 g/mol. The van der Waals surface area contributed by atoms with Gasteiger partial charge in [-0.15, -0.1) is 0 Å². The monoisotopic (exact) mass is 466 g/mol. The Balaban J connectivity index is 1.73. The minimum Gasteiger partial charge on any atom is -0.481 e. The fraction of sp³-hybridized carbons (Fsp3) is 0.208. The van der Waals surface area contributed by atoms with E-state index in [-0.39, 0.29) is 24.5 Å². The lowest BCUT2D eigenvalue weighted by atomic mass is 10.1. The third kappa shape index (κ3) is 6.76. The van der Waals surface area contributed by atoms with E-state index in [1.807, 2.05) is 30.3 Å². The van der Waals surface area contributed by atoms with E-state index in [1.54, 1.807) is 24.3 Å². The molecule has 10 nitrogen and oxygen atoms in total. The Kier molecular flexibility index (Phi) is 8.11. The molecule has 3 N–H and O–H groups in total. The molecule has 3 aromatic rings. The SMILES string of the molecule is O=C(O)CCC(NC(=O)c1cc(OCC(=O)OCc2ccccc2)c2ccccc2n1)C(=O)O. The van der Waals surface area contributed by atoms with E-state index in [2.05, 4.69) is 10.3 Å². The summed E-state index contributed by atoms with van der Waals surface area (Å²) in [6.07, 6.45) is -0.720. The van der Waals surface area contributed by atoms with Crippen LogP contribution in [0.1, 0.15) is 28.9 Å². The number of fused-ring (bicyclic) bond motifs is 1. The Bertz CT molecular complexity index is 1200. The number of hydrogen-bond donors (Lipinski definition) is 3. The van der Waals surface area contributed by atoms with E-state index >= 15 is 0 Å². The van der Waals surface area contributed by atoms with E-state index in [9.17, 15) is 24.3 Å². The summed E-state index contributed by atoms with van der Waals surface area (Å²) >= 11 is 0. The largest absolute Gasteiger partial charge is 0.481 e. The van der Waals surface area contributed by atoms with Crippen LogP contribution >= 0.6 is 0 Å². The molecule has 0 aliphatic rings. The van der Waals surface area contributed by atoms with Gasteiger partial charge in [-0.25, -0.2) is 14.6 Å². The number of esters is 1. The Labute approximate surface area is 194 Å². The molecule has 0 bridgehead atoms. The Hall–Kier alpha value is -4.47. The first kappa shape index (κ1) is 24.2. The van der Waals surface area contributed by atoms with Crippen LogP contribution < -0.4 is 10.1 Å². The van der Waals surface area contributed by atoms with E-state index in [0.717, 1.165) is 5.56 Å². The average Bonchev–Trinajstić information content (AvgIpc) is 2.83. The number of carbonyl (C=O) groups is 4. The first-order valence-corrected chi connectivity index (χ1v) is 10.3. The molecule has 2 aromatic carbocycles. The number of rotatable bonds is 11. The fourth-order valence-electron chi connectivity index (χ4n) is 3.05. The van der Waals surface area contributed by atoms with Crippen LogP contribution in [0.4, 0.5) is 0 Å². The van der Waals surface area contributed by atoms with Crippen LogP contribution in [0.2, 0.25) is 0 Å². The number of pyridine rings is 1. The number of nitrogens with zero attached hydrogens (tertiary/aromatic N) is 1. The van der Waals surface area contributed by atoms with Gasteiger partial charge in [0.05, 0.1) is 5.52 Å². The Morgan fingerprint density at radius 3 is 2.38 bits per heavy atom. The lowest BCUT2D eigenvalue weighted by Crippen LogP contribution is -2.41. The summed E-state index contributed by atoms with van der Waals surface area (Å²) in [7, 11) is 0. The topological polar surface area (TPSA) is 152 Å². The van der Waals surface area contributed by atoms with Crippen LogP contribution in [0.25, 0.3) is 10.9 Å². The first-order chi connectivity index (χ1) is 16.3. The molecule has 1 aromatic heterocycles. The Morgan fingerprint density at radius 2 is 1.68 bits per heavy atom. The third-order valence-corrected chi connectivity index (χ3v) is 4.75.